The van der Waals surface area contributed by atoms with Gasteiger partial charge in [-0.05, 0) is 42.5 Å². The molecule has 0 radical (unpaired) electrons. The van der Waals surface area contributed by atoms with Crippen molar-refractivity contribution in [1.29, 1.82) is 0 Å². The van der Waals surface area contributed by atoms with Crippen molar-refractivity contribution >= 4 is 22.5 Å². The van der Waals surface area contributed by atoms with Crippen LogP contribution in [0.25, 0.3) is 27.7 Å². The fourth-order valence-electron chi connectivity index (χ4n) is 4.36. The molecule has 0 bridgehead atoms. The van der Waals surface area contributed by atoms with E-state index in [2.05, 4.69) is 42.8 Å². The van der Waals surface area contributed by atoms with E-state index in [9.17, 15) is 0 Å². The number of aromatic nitrogens is 5. The first kappa shape index (κ1) is 15.0. The maximum absolute atomic E-state index is 4.64. The quantitative estimate of drug-likeness (QED) is 0.586. The minimum atomic E-state index is 0.483. The van der Waals surface area contributed by atoms with E-state index in [1.54, 1.807) is 6.20 Å². The minimum Gasteiger partial charge on any atom is -0.350 e. The van der Waals surface area contributed by atoms with Gasteiger partial charge in [0.1, 0.15) is 0 Å². The summed E-state index contributed by atoms with van der Waals surface area (Å²) in [6.45, 7) is 2.31. The van der Waals surface area contributed by atoms with Crippen LogP contribution in [-0.4, -0.2) is 43.7 Å². The van der Waals surface area contributed by atoms with Gasteiger partial charge >= 0.3 is 0 Å². The van der Waals surface area contributed by atoms with Crippen molar-refractivity contribution in [1.82, 2.24) is 29.9 Å². The molecule has 2 fully saturated rings. The Morgan fingerprint density at radius 1 is 1.11 bits per heavy atom. The molecule has 1 saturated carbocycles. The van der Waals surface area contributed by atoms with Crippen LogP contribution in [0.4, 0.5) is 5.95 Å². The Morgan fingerprint density at radius 2 is 2.04 bits per heavy atom. The second kappa shape index (κ2) is 5.47. The van der Waals surface area contributed by atoms with E-state index in [4.69, 9.17) is 0 Å². The average molecular weight is 357 g/mol. The molecule has 4 aromatic rings. The molecular weight excluding hydrogens is 338 g/mol. The molecule has 27 heavy (non-hydrogen) atoms. The lowest BCUT2D eigenvalue weighted by Gasteiger charge is -2.54. The van der Waals surface area contributed by atoms with Crippen molar-refractivity contribution in [3.8, 4) is 11.1 Å². The summed E-state index contributed by atoms with van der Waals surface area (Å²) >= 11 is 0. The maximum atomic E-state index is 4.64. The molecule has 1 spiro atoms. The lowest BCUT2D eigenvalue weighted by Crippen LogP contribution is -2.63. The Labute approximate surface area is 155 Å². The second-order valence-corrected chi connectivity index (χ2v) is 7.77. The standard InChI is InChI=1S/C20H19N7/c1-2-13-6-14(9-23-18(13)22-4-1)16-3-5-27-17(16)10-24-19(26-27)25-15-7-20(8-15)11-21-12-20/h1-6,9-10,15,21H,7-8,11-12H2,(H,25,26). The van der Waals surface area contributed by atoms with Gasteiger partial charge < -0.3 is 10.6 Å². The number of hydrogen-bond acceptors (Lipinski definition) is 6. The predicted octanol–water partition coefficient (Wildman–Crippen LogP) is 2.50. The van der Waals surface area contributed by atoms with E-state index in [0.29, 0.717) is 17.4 Å². The van der Waals surface area contributed by atoms with Gasteiger partial charge in [0.15, 0.2) is 5.65 Å². The molecule has 2 N–H and O–H groups in total. The molecule has 1 aliphatic carbocycles. The number of hydrogen-bond donors (Lipinski definition) is 2. The largest absolute Gasteiger partial charge is 0.350 e. The second-order valence-electron chi connectivity index (χ2n) is 7.77. The molecule has 0 unspecified atom stereocenters. The van der Waals surface area contributed by atoms with Crippen molar-refractivity contribution in [2.75, 3.05) is 18.4 Å². The van der Waals surface area contributed by atoms with Crippen LogP contribution in [0.5, 0.6) is 0 Å². The van der Waals surface area contributed by atoms with Crippen LogP contribution >= 0.6 is 0 Å². The fourth-order valence-corrected chi connectivity index (χ4v) is 4.36. The topological polar surface area (TPSA) is 80.0 Å². The Morgan fingerprint density at radius 3 is 2.89 bits per heavy atom. The summed E-state index contributed by atoms with van der Waals surface area (Å²) in [4.78, 5) is 13.3. The van der Waals surface area contributed by atoms with Crippen LogP contribution in [0.2, 0.25) is 0 Å². The van der Waals surface area contributed by atoms with Crippen molar-refractivity contribution in [2.45, 2.75) is 18.9 Å². The molecule has 1 saturated heterocycles. The zero-order valence-corrected chi connectivity index (χ0v) is 14.8. The van der Waals surface area contributed by atoms with Gasteiger partial charge in [-0.15, -0.1) is 5.10 Å². The number of rotatable bonds is 3. The molecule has 0 amide bonds. The van der Waals surface area contributed by atoms with E-state index >= 15 is 0 Å². The van der Waals surface area contributed by atoms with Gasteiger partial charge in [-0.1, -0.05) is 0 Å². The minimum absolute atomic E-state index is 0.483. The van der Waals surface area contributed by atoms with Gasteiger partial charge in [0.2, 0.25) is 5.95 Å². The monoisotopic (exact) mass is 357 g/mol. The Balaban J connectivity index is 1.29. The van der Waals surface area contributed by atoms with Gasteiger partial charge in [0.25, 0.3) is 0 Å². The molecule has 4 aromatic heterocycles. The molecule has 1 aliphatic heterocycles. The zero-order valence-electron chi connectivity index (χ0n) is 14.8. The highest BCUT2D eigenvalue weighted by molar-refractivity contribution is 5.86. The van der Waals surface area contributed by atoms with Crippen LogP contribution in [0.3, 0.4) is 0 Å². The summed E-state index contributed by atoms with van der Waals surface area (Å²) in [5.74, 6) is 0.692. The molecule has 0 atom stereocenters. The first-order valence-electron chi connectivity index (χ1n) is 9.31. The van der Waals surface area contributed by atoms with Crippen molar-refractivity contribution < 1.29 is 0 Å². The summed E-state index contributed by atoms with van der Waals surface area (Å²) in [7, 11) is 0. The lowest BCUT2D eigenvalue weighted by molar-refractivity contribution is 0.0467. The number of fused-ring (bicyclic) bond motifs is 2. The number of pyridine rings is 2. The summed E-state index contributed by atoms with van der Waals surface area (Å²) in [5.41, 5.74) is 4.38. The Hall–Kier alpha value is -3.06. The van der Waals surface area contributed by atoms with Crippen molar-refractivity contribution in [2.24, 2.45) is 5.41 Å². The fraction of sp³-hybridized carbons (Fsp3) is 0.300. The molecule has 6 rings (SSSR count). The van der Waals surface area contributed by atoms with Gasteiger partial charge in [-0.25, -0.2) is 19.5 Å². The lowest BCUT2D eigenvalue weighted by atomic mass is 9.62. The highest BCUT2D eigenvalue weighted by atomic mass is 15.3. The summed E-state index contributed by atoms with van der Waals surface area (Å²) in [6, 6.07) is 8.61. The SMILES string of the molecule is c1cnc2ncc(-c3ccn4nc(NC5CC6(CNC6)C5)ncc34)cc2c1. The summed E-state index contributed by atoms with van der Waals surface area (Å²) < 4.78 is 1.89. The molecule has 2 aliphatic rings. The van der Waals surface area contributed by atoms with Crippen molar-refractivity contribution in [3.63, 3.8) is 0 Å². The van der Waals surface area contributed by atoms with E-state index in [0.717, 1.165) is 40.8 Å². The highest BCUT2D eigenvalue weighted by Crippen LogP contribution is 2.45. The number of nitrogens with zero attached hydrogens (tertiary/aromatic N) is 5. The van der Waals surface area contributed by atoms with Crippen LogP contribution < -0.4 is 10.6 Å². The maximum Gasteiger partial charge on any atom is 0.241 e. The molecule has 7 nitrogen and oxygen atoms in total. The van der Waals surface area contributed by atoms with Crippen LogP contribution in [0.15, 0.2) is 49.1 Å². The third-order valence-corrected chi connectivity index (χ3v) is 5.87. The van der Waals surface area contributed by atoms with Gasteiger partial charge in [-0.2, -0.15) is 0 Å². The molecule has 7 heteroatoms. The van der Waals surface area contributed by atoms with E-state index in [-0.39, 0.29) is 0 Å². The van der Waals surface area contributed by atoms with Crippen molar-refractivity contribution in [3.05, 3.63) is 49.1 Å². The van der Waals surface area contributed by atoms with Gasteiger partial charge in [0, 0.05) is 54.2 Å². The first-order chi connectivity index (χ1) is 13.3. The Kier molecular flexibility index (Phi) is 3.05. The molecule has 0 aromatic carbocycles. The van der Waals surface area contributed by atoms with E-state index in [1.165, 1.54) is 12.8 Å². The van der Waals surface area contributed by atoms with Gasteiger partial charge in [-0.3, -0.25) is 0 Å². The van der Waals surface area contributed by atoms with Crippen LogP contribution in [-0.2, 0) is 0 Å². The first-order valence-corrected chi connectivity index (χ1v) is 9.31. The van der Waals surface area contributed by atoms with Crippen LogP contribution in [0.1, 0.15) is 12.8 Å². The van der Waals surface area contributed by atoms with Crippen LogP contribution in [0, 0.1) is 5.41 Å². The third-order valence-electron chi connectivity index (χ3n) is 5.87. The number of anilines is 1. The zero-order chi connectivity index (χ0) is 17.8. The summed E-state index contributed by atoms with van der Waals surface area (Å²) in [5, 5.41) is 12.5. The molecular formula is C20H19N7. The predicted molar refractivity (Wildman–Crippen MR) is 103 cm³/mol. The third kappa shape index (κ3) is 2.39. The Bertz CT molecular complexity index is 1150. The molecule has 5 heterocycles. The number of nitrogens with one attached hydrogen (secondary N) is 2. The van der Waals surface area contributed by atoms with Gasteiger partial charge in [0.05, 0.1) is 11.7 Å². The smallest absolute Gasteiger partial charge is 0.241 e. The normalized spacial score (nSPS) is 18.5. The average Bonchev–Trinajstić information content (AvgIpc) is 3.05. The van der Waals surface area contributed by atoms with E-state index < -0.39 is 0 Å². The summed E-state index contributed by atoms with van der Waals surface area (Å²) in [6.07, 6.45) is 9.89. The van der Waals surface area contributed by atoms with E-state index in [1.807, 2.05) is 35.2 Å². The highest BCUT2D eigenvalue weighted by Gasteiger charge is 2.48. The molecule has 134 valence electrons.